The Morgan fingerprint density at radius 2 is 1.73 bits per heavy atom. The number of fused-ring (bicyclic) bond motifs is 1. The lowest BCUT2D eigenvalue weighted by atomic mass is 9.99. The molecule has 4 rings (SSSR count). The molecule has 11 nitrogen and oxygen atoms in total. The molecule has 0 bridgehead atoms. The zero-order chi connectivity index (χ0) is 23.9. The van der Waals surface area contributed by atoms with Crippen LogP contribution < -0.4 is 14.9 Å². The van der Waals surface area contributed by atoms with Crippen molar-refractivity contribution in [3.8, 4) is 34.3 Å². The number of ether oxygens (including phenoxy) is 3. The first kappa shape index (κ1) is 22.8. The minimum atomic E-state index is -1.64. The second-order valence-corrected chi connectivity index (χ2v) is 7.44. The summed E-state index contributed by atoms with van der Waals surface area (Å²) >= 11 is 0. The molecule has 176 valence electrons. The van der Waals surface area contributed by atoms with Crippen molar-refractivity contribution in [3.63, 3.8) is 0 Å². The van der Waals surface area contributed by atoms with Gasteiger partial charge in [0.05, 0.1) is 19.3 Å². The molecule has 1 aromatic heterocycles. The zero-order valence-corrected chi connectivity index (χ0v) is 17.3. The van der Waals surface area contributed by atoms with E-state index in [9.17, 15) is 35.4 Å². The van der Waals surface area contributed by atoms with Crippen molar-refractivity contribution < 1.29 is 49.3 Å². The molecule has 5 atom stereocenters. The van der Waals surface area contributed by atoms with E-state index >= 15 is 0 Å². The number of rotatable bonds is 5. The number of phenolic OH excluding ortho intramolecular Hbond substituents is 2. The molecule has 1 aliphatic rings. The van der Waals surface area contributed by atoms with Crippen molar-refractivity contribution in [2.45, 2.75) is 30.7 Å². The third-order valence-electron chi connectivity index (χ3n) is 5.36. The van der Waals surface area contributed by atoms with Crippen LogP contribution in [0.3, 0.4) is 0 Å². The highest BCUT2D eigenvalue weighted by Crippen LogP contribution is 2.41. The number of hydrogen-bond acceptors (Lipinski definition) is 11. The first-order valence-corrected chi connectivity index (χ1v) is 9.90. The van der Waals surface area contributed by atoms with Crippen LogP contribution in [0, 0.1) is 0 Å². The predicted octanol–water partition coefficient (Wildman–Crippen LogP) is 0.0585. The smallest absolute Gasteiger partial charge is 0.229 e. The van der Waals surface area contributed by atoms with Gasteiger partial charge in [-0.2, -0.15) is 0 Å². The van der Waals surface area contributed by atoms with Gasteiger partial charge in [0.1, 0.15) is 47.1 Å². The minimum Gasteiger partial charge on any atom is -0.507 e. The van der Waals surface area contributed by atoms with Crippen LogP contribution in [0.4, 0.5) is 0 Å². The topological polar surface area (TPSA) is 179 Å². The third-order valence-corrected chi connectivity index (χ3v) is 5.36. The number of aromatic hydroxyl groups is 2. The summed E-state index contributed by atoms with van der Waals surface area (Å²) < 4.78 is 22.0. The van der Waals surface area contributed by atoms with E-state index in [1.54, 1.807) is 18.2 Å². The highest BCUT2D eigenvalue weighted by Gasteiger charge is 2.45. The van der Waals surface area contributed by atoms with Crippen LogP contribution in [0.1, 0.15) is 0 Å². The fourth-order valence-electron chi connectivity index (χ4n) is 3.67. The molecular formula is C22H22O11. The summed E-state index contributed by atoms with van der Waals surface area (Å²) in [5.74, 6) is -1.03. The number of para-hydroxylation sites is 1. The molecule has 6 N–H and O–H groups in total. The predicted molar refractivity (Wildman–Crippen MR) is 112 cm³/mol. The molecule has 2 aromatic carbocycles. The van der Waals surface area contributed by atoms with Crippen LogP contribution in [0.2, 0.25) is 0 Å². The summed E-state index contributed by atoms with van der Waals surface area (Å²) in [5.41, 5.74) is -0.580. The molecule has 5 unspecified atom stereocenters. The Morgan fingerprint density at radius 3 is 2.42 bits per heavy atom. The molecule has 3 aromatic rings. The lowest BCUT2D eigenvalue weighted by Gasteiger charge is -2.39. The first-order chi connectivity index (χ1) is 15.8. The zero-order valence-electron chi connectivity index (χ0n) is 17.3. The van der Waals surface area contributed by atoms with Gasteiger partial charge >= 0.3 is 0 Å². The molecule has 1 aliphatic heterocycles. The average Bonchev–Trinajstić information content (AvgIpc) is 2.79. The van der Waals surface area contributed by atoms with Crippen molar-refractivity contribution in [1.82, 2.24) is 0 Å². The van der Waals surface area contributed by atoms with E-state index in [-0.39, 0.29) is 33.8 Å². The van der Waals surface area contributed by atoms with Crippen molar-refractivity contribution in [3.05, 3.63) is 46.6 Å². The third kappa shape index (κ3) is 3.96. The molecule has 0 amide bonds. The molecule has 0 spiro atoms. The Balaban J connectivity index is 1.79. The van der Waals surface area contributed by atoms with E-state index in [1.165, 1.54) is 13.2 Å². The van der Waals surface area contributed by atoms with E-state index in [0.717, 1.165) is 12.1 Å². The van der Waals surface area contributed by atoms with Gasteiger partial charge in [-0.05, 0) is 12.1 Å². The molecule has 11 heteroatoms. The van der Waals surface area contributed by atoms with Gasteiger partial charge in [-0.3, -0.25) is 4.79 Å². The van der Waals surface area contributed by atoms with Crippen molar-refractivity contribution in [2.24, 2.45) is 0 Å². The maximum atomic E-state index is 12.7. The maximum Gasteiger partial charge on any atom is 0.229 e. The summed E-state index contributed by atoms with van der Waals surface area (Å²) in [6, 6.07) is 8.32. The first-order valence-electron chi connectivity index (χ1n) is 9.90. The molecular weight excluding hydrogens is 440 g/mol. The van der Waals surface area contributed by atoms with E-state index < -0.39 is 54.2 Å². The fourth-order valence-corrected chi connectivity index (χ4v) is 3.67. The summed E-state index contributed by atoms with van der Waals surface area (Å²) in [6.07, 6.45) is -7.47. The summed E-state index contributed by atoms with van der Waals surface area (Å²) in [7, 11) is 1.26. The van der Waals surface area contributed by atoms with Crippen LogP contribution in [0.5, 0.6) is 23.0 Å². The summed E-state index contributed by atoms with van der Waals surface area (Å²) in [5, 5.41) is 59.6. The maximum absolute atomic E-state index is 12.7. The van der Waals surface area contributed by atoms with Gasteiger partial charge < -0.3 is 49.3 Å². The lowest BCUT2D eigenvalue weighted by Crippen LogP contribution is -2.60. The highest BCUT2D eigenvalue weighted by molar-refractivity contribution is 5.91. The highest BCUT2D eigenvalue weighted by atomic mass is 16.7. The second kappa shape index (κ2) is 8.89. The van der Waals surface area contributed by atoms with Crippen LogP contribution in [0.25, 0.3) is 22.3 Å². The number of aliphatic hydroxyl groups is 4. The van der Waals surface area contributed by atoms with Crippen molar-refractivity contribution in [1.29, 1.82) is 0 Å². The fraction of sp³-hybridized carbons (Fsp3) is 0.318. The van der Waals surface area contributed by atoms with Gasteiger partial charge in [0, 0.05) is 12.1 Å². The van der Waals surface area contributed by atoms with Crippen molar-refractivity contribution in [2.75, 3.05) is 13.7 Å². The number of aliphatic hydroxyl groups excluding tert-OH is 4. The van der Waals surface area contributed by atoms with Gasteiger partial charge in [0.2, 0.25) is 12.0 Å². The largest absolute Gasteiger partial charge is 0.507 e. The number of phenols is 2. The molecule has 0 radical (unpaired) electrons. The number of hydrogen-bond donors (Lipinski definition) is 6. The van der Waals surface area contributed by atoms with E-state index in [4.69, 9.17) is 18.6 Å². The van der Waals surface area contributed by atoms with Crippen molar-refractivity contribution >= 4 is 11.0 Å². The molecule has 1 saturated heterocycles. The molecule has 2 heterocycles. The second-order valence-electron chi connectivity index (χ2n) is 7.44. The summed E-state index contributed by atoms with van der Waals surface area (Å²) in [4.78, 5) is 12.7. The Kier molecular flexibility index (Phi) is 6.15. The minimum absolute atomic E-state index is 0.0176. The Bertz CT molecular complexity index is 1220. The van der Waals surface area contributed by atoms with Gasteiger partial charge in [-0.1, -0.05) is 12.1 Å². The molecule has 33 heavy (non-hydrogen) atoms. The molecule has 1 fully saturated rings. The monoisotopic (exact) mass is 462 g/mol. The van der Waals surface area contributed by atoms with Crippen LogP contribution in [-0.4, -0.2) is 75.1 Å². The Labute approximate surface area is 186 Å². The van der Waals surface area contributed by atoms with Crippen LogP contribution in [0.15, 0.2) is 45.6 Å². The Morgan fingerprint density at radius 1 is 1.00 bits per heavy atom. The van der Waals surface area contributed by atoms with Crippen LogP contribution >= 0.6 is 0 Å². The van der Waals surface area contributed by atoms with E-state index in [2.05, 4.69) is 0 Å². The SMILES string of the molecule is COc1c(O)cc(O)c2c(=O)cc(-c3ccccc3OC3OC(CO)C(O)C(O)C3O)oc12. The van der Waals surface area contributed by atoms with E-state index in [0.29, 0.717) is 0 Å². The molecule has 0 saturated carbocycles. The average molecular weight is 462 g/mol. The number of benzene rings is 2. The quantitative estimate of drug-likeness (QED) is 0.302. The lowest BCUT2D eigenvalue weighted by molar-refractivity contribution is -0.277. The normalized spacial score (nSPS) is 25.2. The van der Waals surface area contributed by atoms with Gasteiger partial charge in [-0.15, -0.1) is 0 Å². The van der Waals surface area contributed by atoms with E-state index in [1.807, 2.05) is 0 Å². The van der Waals surface area contributed by atoms with Gasteiger partial charge in [-0.25, -0.2) is 0 Å². The van der Waals surface area contributed by atoms with Gasteiger partial charge in [0.15, 0.2) is 16.8 Å². The summed E-state index contributed by atoms with van der Waals surface area (Å²) in [6.45, 7) is -0.626. The van der Waals surface area contributed by atoms with Gasteiger partial charge in [0.25, 0.3) is 0 Å². The van der Waals surface area contributed by atoms with Crippen LogP contribution in [-0.2, 0) is 4.74 Å². The Hall–Kier alpha value is -3.35. The molecule has 0 aliphatic carbocycles. The number of methoxy groups -OCH3 is 1. The standard InChI is InChI=1S/C22H22O11/c1-30-20-12(26)6-10(24)16-11(25)7-14(31-21(16)20)9-4-2-3-5-13(9)32-22-19(29)18(28)17(27)15(8-23)33-22/h2-7,15,17-19,22-24,26-29H,8H2,1H3.